The normalized spacial score (nSPS) is 13.4. The molecular formula is C16H16ClNO3S. The van der Waals surface area contributed by atoms with Crippen molar-refractivity contribution in [3.05, 3.63) is 57.2 Å². The van der Waals surface area contributed by atoms with E-state index in [4.69, 9.17) is 11.6 Å². The fraction of sp³-hybridized carbons (Fsp3) is 0.250. The molecule has 1 heterocycles. The summed E-state index contributed by atoms with van der Waals surface area (Å²) in [7, 11) is 0. The molecule has 0 fully saturated rings. The Bertz CT molecular complexity index is 671. The van der Waals surface area contributed by atoms with Crippen LogP contribution in [0.3, 0.4) is 0 Å². The number of hydrogen-bond acceptors (Lipinski definition) is 3. The van der Waals surface area contributed by atoms with Crippen LogP contribution in [0.15, 0.2) is 42.5 Å². The molecule has 116 valence electrons. The second-order valence-corrected chi connectivity index (χ2v) is 6.61. The van der Waals surface area contributed by atoms with Crippen molar-refractivity contribution in [3.63, 3.8) is 0 Å². The highest BCUT2D eigenvalue weighted by atomic mass is 35.5. The molecule has 1 aromatic carbocycles. The Balaban J connectivity index is 2.21. The number of aliphatic carboxylic acids is 1. The van der Waals surface area contributed by atoms with E-state index >= 15 is 0 Å². The molecule has 0 spiro atoms. The van der Waals surface area contributed by atoms with Crippen LogP contribution in [0, 0.1) is 0 Å². The molecule has 0 aliphatic carbocycles. The van der Waals surface area contributed by atoms with E-state index in [1.54, 1.807) is 43.3 Å². The van der Waals surface area contributed by atoms with Crippen LogP contribution in [0.4, 0.5) is 0 Å². The zero-order valence-corrected chi connectivity index (χ0v) is 13.6. The fourth-order valence-corrected chi connectivity index (χ4v) is 3.25. The van der Waals surface area contributed by atoms with E-state index in [1.165, 1.54) is 0 Å². The lowest BCUT2D eigenvalue weighted by molar-refractivity contribution is -0.143. The molecule has 0 saturated carbocycles. The smallest absolute Gasteiger partial charge is 0.315 e. The number of nitrogens with one attached hydrogen (secondary N) is 1. The molecule has 0 saturated heterocycles. The average molecular weight is 338 g/mol. The second kappa shape index (κ2) is 6.94. The zero-order chi connectivity index (χ0) is 16.2. The summed E-state index contributed by atoms with van der Waals surface area (Å²) >= 11 is 6.98. The van der Waals surface area contributed by atoms with Crippen molar-refractivity contribution in [3.8, 4) is 0 Å². The molecule has 2 N–H and O–H groups in total. The first kappa shape index (κ1) is 16.5. The van der Waals surface area contributed by atoms with Gasteiger partial charge in [0, 0.05) is 6.54 Å². The van der Waals surface area contributed by atoms with Gasteiger partial charge in [0.05, 0.1) is 9.21 Å². The van der Waals surface area contributed by atoms with Gasteiger partial charge >= 0.3 is 5.97 Å². The number of hydrogen-bond donors (Lipinski definition) is 2. The average Bonchev–Trinajstić information content (AvgIpc) is 2.95. The Kier molecular flexibility index (Phi) is 5.21. The number of halogens is 1. The zero-order valence-electron chi connectivity index (χ0n) is 12.0. The summed E-state index contributed by atoms with van der Waals surface area (Å²) in [6, 6.07) is 12.2. The Morgan fingerprint density at radius 2 is 1.91 bits per heavy atom. The molecule has 2 rings (SSSR count). The monoisotopic (exact) mass is 337 g/mol. The molecule has 1 atom stereocenters. The van der Waals surface area contributed by atoms with Crippen LogP contribution in [-0.4, -0.2) is 23.5 Å². The third kappa shape index (κ3) is 3.31. The number of carboxylic acid groups (broad SMARTS) is 1. The lowest BCUT2D eigenvalue weighted by atomic mass is 9.78. The maximum atomic E-state index is 12.1. The summed E-state index contributed by atoms with van der Waals surface area (Å²) < 4.78 is 0.521. The van der Waals surface area contributed by atoms with Crippen molar-refractivity contribution in [2.24, 2.45) is 0 Å². The van der Waals surface area contributed by atoms with Crippen LogP contribution in [-0.2, 0) is 10.2 Å². The van der Waals surface area contributed by atoms with Gasteiger partial charge in [-0.3, -0.25) is 9.59 Å². The minimum Gasteiger partial charge on any atom is -0.481 e. The topological polar surface area (TPSA) is 66.4 Å². The summed E-state index contributed by atoms with van der Waals surface area (Å²) in [5, 5.41) is 12.4. The summed E-state index contributed by atoms with van der Waals surface area (Å²) in [5.74, 6) is -1.27. The van der Waals surface area contributed by atoms with E-state index in [1.807, 2.05) is 6.07 Å². The number of benzene rings is 1. The van der Waals surface area contributed by atoms with Crippen LogP contribution in [0.25, 0.3) is 0 Å². The van der Waals surface area contributed by atoms with Gasteiger partial charge in [-0.15, -0.1) is 11.3 Å². The number of carboxylic acids is 1. The molecule has 0 bridgehead atoms. The summed E-state index contributed by atoms with van der Waals surface area (Å²) in [6.07, 6.45) is 0.373. The predicted molar refractivity (Wildman–Crippen MR) is 87.7 cm³/mol. The molecule has 0 radical (unpaired) electrons. The van der Waals surface area contributed by atoms with Gasteiger partial charge in [-0.05, 0) is 24.1 Å². The number of rotatable bonds is 6. The highest BCUT2D eigenvalue weighted by molar-refractivity contribution is 7.17. The molecule has 0 aliphatic rings. The van der Waals surface area contributed by atoms with Gasteiger partial charge in [-0.2, -0.15) is 0 Å². The Morgan fingerprint density at radius 1 is 1.23 bits per heavy atom. The Morgan fingerprint density at radius 3 is 2.41 bits per heavy atom. The maximum absolute atomic E-state index is 12.1. The fourth-order valence-electron chi connectivity index (χ4n) is 2.29. The first-order valence-corrected chi connectivity index (χ1v) is 8.01. The van der Waals surface area contributed by atoms with E-state index < -0.39 is 11.4 Å². The van der Waals surface area contributed by atoms with Crippen molar-refractivity contribution >= 4 is 34.8 Å². The SMILES string of the molecule is CCC(CNC(=O)c1ccc(Cl)s1)(C(=O)O)c1ccccc1. The number of carbonyl (C=O) groups is 2. The van der Waals surface area contributed by atoms with Gasteiger partial charge in [-0.25, -0.2) is 0 Å². The molecule has 22 heavy (non-hydrogen) atoms. The predicted octanol–water partition coefficient (Wildman–Crippen LogP) is 3.56. The highest BCUT2D eigenvalue weighted by Crippen LogP contribution is 2.28. The first-order chi connectivity index (χ1) is 10.5. The quantitative estimate of drug-likeness (QED) is 0.847. The number of amides is 1. The van der Waals surface area contributed by atoms with Gasteiger partial charge in [0.1, 0.15) is 5.41 Å². The minimum atomic E-state index is -1.14. The van der Waals surface area contributed by atoms with E-state index in [2.05, 4.69) is 5.32 Å². The highest BCUT2D eigenvalue weighted by Gasteiger charge is 2.39. The first-order valence-electron chi connectivity index (χ1n) is 6.82. The third-order valence-electron chi connectivity index (χ3n) is 3.69. The van der Waals surface area contributed by atoms with Crippen molar-refractivity contribution in [1.82, 2.24) is 5.32 Å². The number of carbonyl (C=O) groups excluding carboxylic acids is 1. The molecule has 6 heteroatoms. The van der Waals surface area contributed by atoms with E-state index in [9.17, 15) is 14.7 Å². The summed E-state index contributed by atoms with van der Waals surface area (Å²) in [5.41, 5.74) is -0.465. The molecule has 1 aromatic heterocycles. The minimum absolute atomic E-state index is 0.0250. The van der Waals surface area contributed by atoms with Crippen LogP contribution < -0.4 is 5.32 Å². The Hall–Kier alpha value is -1.85. The summed E-state index contributed by atoms with van der Waals surface area (Å²) in [4.78, 5) is 24.4. The van der Waals surface area contributed by atoms with Gasteiger partial charge < -0.3 is 10.4 Å². The largest absolute Gasteiger partial charge is 0.481 e. The molecule has 1 amide bonds. The molecule has 4 nitrogen and oxygen atoms in total. The van der Waals surface area contributed by atoms with Gasteiger partial charge in [0.25, 0.3) is 5.91 Å². The van der Waals surface area contributed by atoms with Crippen LogP contribution in [0.5, 0.6) is 0 Å². The summed E-state index contributed by atoms with van der Waals surface area (Å²) in [6.45, 7) is 1.83. The number of thiophene rings is 1. The maximum Gasteiger partial charge on any atom is 0.315 e. The molecular weight excluding hydrogens is 322 g/mol. The molecule has 1 unspecified atom stereocenters. The van der Waals surface area contributed by atoms with Crippen LogP contribution in [0.2, 0.25) is 4.34 Å². The van der Waals surface area contributed by atoms with Gasteiger partial charge in [-0.1, -0.05) is 48.9 Å². The van der Waals surface area contributed by atoms with Crippen molar-refractivity contribution < 1.29 is 14.7 Å². The van der Waals surface area contributed by atoms with Crippen molar-refractivity contribution in [1.29, 1.82) is 0 Å². The van der Waals surface area contributed by atoms with Crippen molar-refractivity contribution in [2.75, 3.05) is 6.54 Å². The molecule has 0 aliphatic heterocycles. The van der Waals surface area contributed by atoms with Gasteiger partial charge in [0.2, 0.25) is 0 Å². The molecule has 2 aromatic rings. The van der Waals surface area contributed by atoms with Gasteiger partial charge in [0.15, 0.2) is 0 Å². The lowest BCUT2D eigenvalue weighted by Crippen LogP contribution is -2.46. The van der Waals surface area contributed by atoms with Crippen molar-refractivity contribution in [2.45, 2.75) is 18.8 Å². The van der Waals surface area contributed by atoms with E-state index in [0.717, 1.165) is 11.3 Å². The Labute approximate surface area is 137 Å². The van der Waals surface area contributed by atoms with E-state index in [0.29, 0.717) is 21.2 Å². The van der Waals surface area contributed by atoms with Crippen LogP contribution in [0.1, 0.15) is 28.6 Å². The van der Waals surface area contributed by atoms with Crippen LogP contribution >= 0.6 is 22.9 Å². The third-order valence-corrected chi connectivity index (χ3v) is 4.92. The standard InChI is InChI=1S/C16H16ClNO3S/c1-2-16(15(20)21,11-6-4-3-5-7-11)10-18-14(19)12-8-9-13(17)22-12/h3-9H,2,10H2,1H3,(H,18,19)(H,20,21). The van der Waals surface area contributed by atoms with E-state index in [-0.39, 0.29) is 12.5 Å². The lowest BCUT2D eigenvalue weighted by Gasteiger charge is -2.29. The second-order valence-electron chi connectivity index (χ2n) is 4.89.